The van der Waals surface area contributed by atoms with Gasteiger partial charge in [-0.05, 0) is 37.0 Å². The first-order chi connectivity index (χ1) is 7.22. The van der Waals surface area contributed by atoms with Gasteiger partial charge in [0.2, 0.25) is 0 Å². The molecule has 1 atom stereocenters. The number of hydrogen-bond donors (Lipinski definition) is 0. The highest BCUT2D eigenvalue weighted by molar-refractivity contribution is 7.85. The predicted octanol–water partition coefficient (Wildman–Crippen LogP) is 2.74. The van der Waals surface area contributed by atoms with E-state index in [2.05, 4.69) is 20.4 Å². The minimum Gasteiger partial charge on any atom is -0.270 e. The third-order valence-corrected chi connectivity index (χ3v) is 4.05. The molecule has 0 radical (unpaired) electrons. The van der Waals surface area contributed by atoms with Gasteiger partial charge in [-0.25, -0.2) is 0 Å². The molecule has 0 heterocycles. The van der Waals surface area contributed by atoms with E-state index in [0.29, 0.717) is 5.92 Å². The minimum absolute atomic E-state index is 0.218. The lowest BCUT2D eigenvalue weighted by molar-refractivity contribution is 0.157. The van der Waals surface area contributed by atoms with Gasteiger partial charge < -0.3 is 0 Å². The standard InChI is InChI=1S/C12H22O3S/c1-10-6-5-8-12(2,3)11(10)7-9-15-16(4,13)14/h11H,1,5-9H2,2-4H3. The maximum atomic E-state index is 10.9. The molecule has 0 aromatic carbocycles. The van der Waals surface area contributed by atoms with Gasteiger partial charge in [-0.2, -0.15) is 8.42 Å². The van der Waals surface area contributed by atoms with Crippen LogP contribution in [-0.2, 0) is 14.3 Å². The summed E-state index contributed by atoms with van der Waals surface area (Å²) in [4.78, 5) is 0. The van der Waals surface area contributed by atoms with Crippen LogP contribution in [0.2, 0.25) is 0 Å². The maximum Gasteiger partial charge on any atom is 0.264 e. The molecule has 3 nitrogen and oxygen atoms in total. The van der Waals surface area contributed by atoms with E-state index in [1.165, 1.54) is 18.4 Å². The molecule has 1 aliphatic rings. The lowest BCUT2D eigenvalue weighted by atomic mass is 9.66. The molecule has 0 amide bonds. The molecule has 0 aliphatic heterocycles. The monoisotopic (exact) mass is 246 g/mol. The highest BCUT2D eigenvalue weighted by Gasteiger charge is 2.34. The van der Waals surface area contributed by atoms with E-state index in [9.17, 15) is 8.42 Å². The van der Waals surface area contributed by atoms with Crippen molar-refractivity contribution in [2.24, 2.45) is 11.3 Å². The van der Waals surface area contributed by atoms with E-state index in [1.807, 2.05) is 0 Å². The smallest absolute Gasteiger partial charge is 0.264 e. The molecule has 94 valence electrons. The van der Waals surface area contributed by atoms with Gasteiger partial charge in [0, 0.05) is 0 Å². The van der Waals surface area contributed by atoms with Crippen molar-refractivity contribution in [3.63, 3.8) is 0 Å². The van der Waals surface area contributed by atoms with Crippen molar-refractivity contribution in [1.29, 1.82) is 0 Å². The summed E-state index contributed by atoms with van der Waals surface area (Å²) >= 11 is 0. The highest BCUT2D eigenvalue weighted by atomic mass is 32.2. The van der Waals surface area contributed by atoms with E-state index in [-0.39, 0.29) is 12.0 Å². The van der Waals surface area contributed by atoms with Crippen LogP contribution in [0.5, 0.6) is 0 Å². The van der Waals surface area contributed by atoms with E-state index < -0.39 is 10.1 Å². The lowest BCUT2D eigenvalue weighted by Gasteiger charge is -2.40. The summed E-state index contributed by atoms with van der Waals surface area (Å²) in [5.74, 6) is 0.378. The summed E-state index contributed by atoms with van der Waals surface area (Å²) in [5, 5.41) is 0. The summed E-state index contributed by atoms with van der Waals surface area (Å²) in [6, 6.07) is 0. The largest absolute Gasteiger partial charge is 0.270 e. The normalized spacial score (nSPS) is 25.7. The van der Waals surface area contributed by atoms with Crippen LogP contribution in [0.15, 0.2) is 12.2 Å². The Hall–Kier alpha value is -0.350. The molecule has 1 unspecified atom stereocenters. The van der Waals surface area contributed by atoms with Crippen molar-refractivity contribution in [2.75, 3.05) is 12.9 Å². The summed E-state index contributed by atoms with van der Waals surface area (Å²) < 4.78 is 26.5. The van der Waals surface area contributed by atoms with Crippen LogP contribution in [0.3, 0.4) is 0 Å². The second-order valence-electron chi connectivity index (χ2n) is 5.37. The van der Waals surface area contributed by atoms with Crippen LogP contribution >= 0.6 is 0 Å². The molecular formula is C12H22O3S. The fraction of sp³-hybridized carbons (Fsp3) is 0.833. The Balaban J connectivity index is 2.53. The van der Waals surface area contributed by atoms with Crippen LogP contribution in [0.4, 0.5) is 0 Å². The highest BCUT2D eigenvalue weighted by Crippen LogP contribution is 2.44. The van der Waals surface area contributed by atoms with E-state index >= 15 is 0 Å². The van der Waals surface area contributed by atoms with Crippen LogP contribution in [0, 0.1) is 11.3 Å². The zero-order valence-electron chi connectivity index (χ0n) is 10.5. The Labute approximate surface area is 99.0 Å². The quantitative estimate of drug-likeness (QED) is 0.566. The lowest BCUT2D eigenvalue weighted by Crippen LogP contribution is -2.30. The Morgan fingerprint density at radius 2 is 2.12 bits per heavy atom. The maximum absolute atomic E-state index is 10.9. The molecule has 0 aromatic heterocycles. The van der Waals surface area contributed by atoms with E-state index in [0.717, 1.165) is 19.1 Å². The van der Waals surface area contributed by atoms with Crippen LogP contribution in [0.25, 0.3) is 0 Å². The molecule has 1 rings (SSSR count). The van der Waals surface area contributed by atoms with Gasteiger partial charge >= 0.3 is 0 Å². The van der Waals surface area contributed by atoms with E-state index in [1.54, 1.807) is 0 Å². The van der Waals surface area contributed by atoms with Gasteiger partial charge in [0.1, 0.15) is 0 Å². The van der Waals surface area contributed by atoms with Gasteiger partial charge in [0.25, 0.3) is 10.1 Å². The summed E-state index contributed by atoms with van der Waals surface area (Å²) in [6.07, 6.45) is 5.27. The van der Waals surface area contributed by atoms with E-state index in [4.69, 9.17) is 4.18 Å². The summed E-state index contributed by atoms with van der Waals surface area (Å²) in [7, 11) is -3.31. The summed E-state index contributed by atoms with van der Waals surface area (Å²) in [5.41, 5.74) is 1.46. The Morgan fingerprint density at radius 1 is 1.50 bits per heavy atom. The molecule has 0 aromatic rings. The average Bonchev–Trinajstić information content (AvgIpc) is 2.07. The first-order valence-corrected chi connectivity index (χ1v) is 7.56. The number of hydrogen-bond acceptors (Lipinski definition) is 3. The first kappa shape index (κ1) is 13.7. The van der Waals surface area contributed by atoms with Crippen LogP contribution < -0.4 is 0 Å². The molecule has 0 spiro atoms. The fourth-order valence-electron chi connectivity index (χ4n) is 2.58. The van der Waals surface area contributed by atoms with Crippen molar-refractivity contribution in [1.82, 2.24) is 0 Å². The molecule has 1 saturated carbocycles. The molecule has 1 fully saturated rings. The van der Waals surface area contributed by atoms with Gasteiger partial charge in [-0.1, -0.05) is 26.0 Å². The van der Waals surface area contributed by atoms with Crippen molar-refractivity contribution in [3.05, 3.63) is 12.2 Å². The molecule has 1 aliphatic carbocycles. The molecule has 16 heavy (non-hydrogen) atoms. The van der Waals surface area contributed by atoms with Crippen LogP contribution in [-0.4, -0.2) is 21.3 Å². The molecule has 4 heteroatoms. The van der Waals surface area contributed by atoms with Gasteiger partial charge in [-0.15, -0.1) is 0 Å². The van der Waals surface area contributed by atoms with Gasteiger partial charge in [0.15, 0.2) is 0 Å². The van der Waals surface area contributed by atoms with Gasteiger partial charge in [0.05, 0.1) is 12.9 Å². The SMILES string of the molecule is C=C1CCCC(C)(C)C1CCOS(C)(=O)=O. The zero-order chi connectivity index (χ0) is 12.4. The molecule has 0 N–H and O–H groups in total. The van der Waals surface area contributed by atoms with Gasteiger partial charge in [-0.3, -0.25) is 4.18 Å². The second-order valence-corrected chi connectivity index (χ2v) is 7.01. The third kappa shape index (κ3) is 3.91. The molecule has 0 saturated heterocycles. The van der Waals surface area contributed by atoms with Crippen molar-refractivity contribution in [2.45, 2.75) is 39.5 Å². The van der Waals surface area contributed by atoms with Crippen molar-refractivity contribution >= 4 is 10.1 Å². The third-order valence-electron chi connectivity index (χ3n) is 3.46. The fourth-order valence-corrected chi connectivity index (χ4v) is 2.98. The predicted molar refractivity (Wildman–Crippen MR) is 65.7 cm³/mol. The first-order valence-electron chi connectivity index (χ1n) is 5.74. The minimum atomic E-state index is -3.31. The zero-order valence-corrected chi connectivity index (χ0v) is 11.3. The Kier molecular flexibility index (Phi) is 4.18. The molecule has 0 bridgehead atoms. The van der Waals surface area contributed by atoms with Crippen molar-refractivity contribution in [3.8, 4) is 0 Å². The number of rotatable bonds is 4. The molecular weight excluding hydrogens is 224 g/mol. The Morgan fingerprint density at radius 3 is 2.62 bits per heavy atom. The summed E-state index contributed by atoms with van der Waals surface area (Å²) in [6.45, 7) is 8.82. The number of allylic oxidation sites excluding steroid dienone is 1. The topological polar surface area (TPSA) is 43.4 Å². The average molecular weight is 246 g/mol. The Bertz CT molecular complexity index is 354. The second kappa shape index (κ2) is 4.88. The van der Waals surface area contributed by atoms with Crippen LogP contribution in [0.1, 0.15) is 39.5 Å². The van der Waals surface area contributed by atoms with Crippen molar-refractivity contribution < 1.29 is 12.6 Å².